The fourth-order valence-electron chi connectivity index (χ4n) is 1.33. The van der Waals surface area contributed by atoms with Crippen LogP contribution < -0.4 is 5.56 Å². The van der Waals surface area contributed by atoms with Crippen LogP contribution in [0.5, 0.6) is 0 Å². The van der Waals surface area contributed by atoms with Gasteiger partial charge in [0.2, 0.25) is 5.71 Å². The van der Waals surface area contributed by atoms with E-state index in [0.29, 0.717) is 5.69 Å². The van der Waals surface area contributed by atoms with Crippen molar-refractivity contribution < 1.29 is 13.3 Å². The quantitative estimate of drug-likeness (QED) is 0.762. The summed E-state index contributed by atoms with van der Waals surface area (Å²) in [4.78, 5) is 13.2. The molecule has 0 bridgehead atoms. The Hall–Kier alpha value is -1.72. The molecule has 74 valence electrons. The summed E-state index contributed by atoms with van der Waals surface area (Å²) in [6, 6.07) is 0.858. The normalized spacial score (nSPS) is 11.4. The Morgan fingerprint density at radius 3 is 2.93 bits per heavy atom. The molecule has 0 saturated heterocycles. The lowest BCUT2D eigenvalue weighted by atomic mass is 10.1. The number of halogens is 2. The molecule has 14 heavy (non-hydrogen) atoms. The summed E-state index contributed by atoms with van der Waals surface area (Å²) in [6.45, 7) is 1.54. The number of hydrogen-bond donors (Lipinski definition) is 1. The highest BCUT2D eigenvalue weighted by atomic mass is 19.3. The van der Waals surface area contributed by atoms with Crippen molar-refractivity contribution in [2.45, 2.75) is 13.3 Å². The Kier molecular flexibility index (Phi) is 1.83. The molecule has 2 heterocycles. The topological polar surface area (TPSA) is 58.9 Å². The van der Waals surface area contributed by atoms with Crippen LogP contribution in [0.2, 0.25) is 0 Å². The van der Waals surface area contributed by atoms with Crippen LogP contribution in [0.15, 0.2) is 15.4 Å². The average Bonchev–Trinajstić information content (AvgIpc) is 2.46. The molecule has 2 rings (SSSR count). The van der Waals surface area contributed by atoms with Crippen LogP contribution >= 0.6 is 0 Å². The van der Waals surface area contributed by atoms with E-state index in [0.717, 1.165) is 6.07 Å². The number of alkyl halides is 2. The molecule has 0 aromatic carbocycles. The van der Waals surface area contributed by atoms with E-state index in [2.05, 4.69) is 14.7 Å². The molecule has 0 unspecified atom stereocenters. The molecule has 0 saturated carbocycles. The number of aryl methyl sites for hydroxylation is 1. The zero-order valence-corrected chi connectivity index (χ0v) is 7.17. The summed E-state index contributed by atoms with van der Waals surface area (Å²) in [7, 11) is 0. The molecule has 0 fully saturated rings. The van der Waals surface area contributed by atoms with Crippen molar-refractivity contribution in [3.63, 3.8) is 0 Å². The number of fused-ring (bicyclic) bond motifs is 1. The molecule has 4 nitrogen and oxygen atoms in total. The second-order valence-corrected chi connectivity index (χ2v) is 2.86. The number of pyridine rings is 1. The summed E-state index contributed by atoms with van der Waals surface area (Å²) in [5.41, 5.74) is -0.636. The largest absolute Gasteiger partial charge is 0.337 e. The molecule has 2 aromatic heterocycles. The lowest BCUT2D eigenvalue weighted by Crippen LogP contribution is -2.06. The lowest BCUT2D eigenvalue weighted by Gasteiger charge is -1.99. The van der Waals surface area contributed by atoms with Crippen LogP contribution in [0, 0.1) is 6.92 Å². The van der Waals surface area contributed by atoms with Crippen LogP contribution in [0.25, 0.3) is 11.1 Å². The minimum Gasteiger partial charge on any atom is -0.337 e. The number of hydrogen-bond acceptors (Lipinski definition) is 3. The van der Waals surface area contributed by atoms with Gasteiger partial charge in [-0.1, -0.05) is 5.16 Å². The average molecular weight is 200 g/mol. The predicted molar refractivity (Wildman–Crippen MR) is 44.3 cm³/mol. The van der Waals surface area contributed by atoms with E-state index in [-0.39, 0.29) is 16.7 Å². The highest BCUT2D eigenvalue weighted by molar-refractivity contribution is 5.79. The second kappa shape index (κ2) is 2.90. The number of aromatic nitrogens is 2. The fourth-order valence-corrected chi connectivity index (χ4v) is 1.33. The number of nitrogens with zero attached hydrogens (tertiary/aromatic N) is 1. The van der Waals surface area contributed by atoms with Gasteiger partial charge in [-0.05, 0) is 6.92 Å². The monoisotopic (exact) mass is 200 g/mol. The zero-order valence-electron chi connectivity index (χ0n) is 7.17. The van der Waals surface area contributed by atoms with Gasteiger partial charge in [0.1, 0.15) is 0 Å². The molecule has 0 amide bonds. The van der Waals surface area contributed by atoms with Crippen molar-refractivity contribution in [3.05, 3.63) is 27.7 Å². The maximum absolute atomic E-state index is 12.5. The van der Waals surface area contributed by atoms with Gasteiger partial charge in [-0.25, -0.2) is 8.78 Å². The standard InChI is InChI=1S/C8H6F2N2O2/c1-3-6-4(7(9)10)2-5(13)11-8(6)14-12-3/h2,7H,1H3,(H,11,13). The van der Waals surface area contributed by atoms with E-state index < -0.39 is 12.0 Å². The van der Waals surface area contributed by atoms with Crippen molar-refractivity contribution >= 4 is 11.1 Å². The maximum Gasteiger partial charge on any atom is 0.264 e. The Bertz CT molecular complexity index is 530. The summed E-state index contributed by atoms with van der Waals surface area (Å²) in [6.07, 6.45) is -2.71. The molecule has 2 aromatic rings. The third-order valence-corrected chi connectivity index (χ3v) is 1.91. The molecular formula is C8H6F2N2O2. The lowest BCUT2D eigenvalue weighted by molar-refractivity contribution is 0.153. The molecule has 0 radical (unpaired) electrons. The van der Waals surface area contributed by atoms with Crippen molar-refractivity contribution in [2.75, 3.05) is 0 Å². The van der Waals surface area contributed by atoms with Crippen molar-refractivity contribution in [1.82, 2.24) is 10.1 Å². The van der Waals surface area contributed by atoms with E-state index in [1.807, 2.05) is 0 Å². The SMILES string of the molecule is Cc1noc2[nH]c(=O)cc(C(F)F)c12. The first kappa shape index (κ1) is 8.86. The smallest absolute Gasteiger partial charge is 0.264 e. The summed E-state index contributed by atoms with van der Waals surface area (Å²) in [5, 5.41) is 3.68. The van der Waals surface area contributed by atoms with Gasteiger partial charge in [-0.15, -0.1) is 0 Å². The molecule has 0 atom stereocenters. The van der Waals surface area contributed by atoms with Crippen LogP contribution in [-0.2, 0) is 0 Å². The Morgan fingerprint density at radius 1 is 1.57 bits per heavy atom. The molecule has 0 spiro atoms. The van der Waals surface area contributed by atoms with Gasteiger partial charge in [0, 0.05) is 11.6 Å². The number of H-pyrrole nitrogens is 1. The number of rotatable bonds is 1. The van der Waals surface area contributed by atoms with Gasteiger partial charge in [-0.2, -0.15) is 0 Å². The Morgan fingerprint density at radius 2 is 2.29 bits per heavy atom. The molecule has 0 aliphatic heterocycles. The molecule has 0 aliphatic rings. The first-order valence-corrected chi connectivity index (χ1v) is 3.87. The molecule has 1 N–H and O–H groups in total. The predicted octanol–water partition coefficient (Wildman–Crippen LogP) is 1.76. The van der Waals surface area contributed by atoms with Crippen LogP contribution in [-0.4, -0.2) is 10.1 Å². The van der Waals surface area contributed by atoms with Gasteiger partial charge >= 0.3 is 0 Å². The van der Waals surface area contributed by atoms with Gasteiger partial charge < -0.3 is 4.52 Å². The molecule has 0 aliphatic carbocycles. The first-order chi connectivity index (χ1) is 6.59. The van der Waals surface area contributed by atoms with E-state index >= 15 is 0 Å². The van der Waals surface area contributed by atoms with Gasteiger partial charge in [0.15, 0.2) is 0 Å². The first-order valence-electron chi connectivity index (χ1n) is 3.87. The van der Waals surface area contributed by atoms with Crippen LogP contribution in [0.4, 0.5) is 8.78 Å². The van der Waals surface area contributed by atoms with Crippen LogP contribution in [0.3, 0.4) is 0 Å². The van der Waals surface area contributed by atoms with Gasteiger partial charge in [-0.3, -0.25) is 9.78 Å². The maximum atomic E-state index is 12.5. The molecular weight excluding hydrogens is 194 g/mol. The van der Waals surface area contributed by atoms with Crippen LogP contribution in [0.1, 0.15) is 17.7 Å². The van der Waals surface area contributed by atoms with Crippen molar-refractivity contribution in [3.8, 4) is 0 Å². The van der Waals surface area contributed by atoms with Crippen molar-refractivity contribution in [2.24, 2.45) is 0 Å². The third kappa shape index (κ3) is 1.19. The van der Waals surface area contributed by atoms with E-state index in [9.17, 15) is 13.6 Å². The van der Waals surface area contributed by atoms with Crippen molar-refractivity contribution in [1.29, 1.82) is 0 Å². The summed E-state index contributed by atoms with van der Waals surface area (Å²) >= 11 is 0. The summed E-state index contributed by atoms with van der Waals surface area (Å²) in [5.74, 6) is 0. The highest BCUT2D eigenvalue weighted by Crippen LogP contribution is 2.27. The number of aromatic amines is 1. The third-order valence-electron chi connectivity index (χ3n) is 1.91. The van der Waals surface area contributed by atoms with Gasteiger partial charge in [0.25, 0.3) is 12.0 Å². The Labute approximate surface area is 76.5 Å². The highest BCUT2D eigenvalue weighted by Gasteiger charge is 2.17. The minimum absolute atomic E-state index is 0.00898. The van der Waals surface area contributed by atoms with E-state index in [1.54, 1.807) is 0 Å². The fraction of sp³-hybridized carbons (Fsp3) is 0.250. The molecule has 6 heteroatoms. The second-order valence-electron chi connectivity index (χ2n) is 2.86. The summed E-state index contributed by atoms with van der Waals surface area (Å²) < 4.78 is 29.7. The number of nitrogens with one attached hydrogen (secondary N) is 1. The minimum atomic E-state index is -2.71. The Balaban J connectivity index is 2.90. The van der Waals surface area contributed by atoms with E-state index in [1.165, 1.54) is 6.92 Å². The van der Waals surface area contributed by atoms with Gasteiger partial charge in [0.05, 0.1) is 11.1 Å². The van der Waals surface area contributed by atoms with E-state index in [4.69, 9.17) is 0 Å². The zero-order chi connectivity index (χ0) is 10.3.